The summed E-state index contributed by atoms with van der Waals surface area (Å²) < 4.78 is 42.9. The average molecular weight is 385 g/mol. The predicted octanol–water partition coefficient (Wildman–Crippen LogP) is 3.32. The molecule has 1 heterocycles. The Hall–Kier alpha value is -2.62. The van der Waals surface area contributed by atoms with Crippen molar-refractivity contribution in [3.63, 3.8) is 0 Å². The summed E-state index contributed by atoms with van der Waals surface area (Å²) in [6, 6.07) is 7.05. The molecule has 0 fully saturated rings. The van der Waals surface area contributed by atoms with Crippen LogP contribution < -0.4 is 5.32 Å². The van der Waals surface area contributed by atoms with E-state index in [1.807, 2.05) is 0 Å². The Bertz CT molecular complexity index is 828. The summed E-state index contributed by atoms with van der Waals surface area (Å²) in [6.45, 7) is 1.41. The number of alkyl halides is 3. The maximum absolute atomic E-state index is 12.8. The number of hydrogen-bond donors (Lipinski definition) is 1. The number of esters is 1. The molecule has 0 unspecified atom stereocenters. The number of carbonyl (C=O) groups excluding carboxylic acids is 2. The quantitative estimate of drug-likeness (QED) is 0.483. The molecular weight excluding hydrogens is 371 g/mol. The third kappa shape index (κ3) is 5.19. The Morgan fingerprint density at radius 2 is 1.92 bits per heavy atom. The molecule has 0 saturated heterocycles. The first-order chi connectivity index (χ1) is 12.2. The van der Waals surface area contributed by atoms with E-state index in [9.17, 15) is 22.8 Å². The van der Waals surface area contributed by atoms with Gasteiger partial charge in [0.1, 0.15) is 5.69 Å². The number of anilines is 1. The number of thioether (sulfide) groups is 1. The van der Waals surface area contributed by atoms with Crippen LogP contribution in [0.5, 0.6) is 0 Å². The van der Waals surface area contributed by atoms with Crippen molar-refractivity contribution in [3.8, 4) is 0 Å². The third-order valence-electron chi connectivity index (χ3n) is 3.06. The molecule has 1 aromatic carbocycles. The van der Waals surface area contributed by atoms with E-state index in [-0.39, 0.29) is 27.9 Å². The second-order valence-electron chi connectivity index (χ2n) is 5.05. The fraction of sp³-hybridized carbons (Fsp3) is 0.250. The molecule has 0 aliphatic heterocycles. The van der Waals surface area contributed by atoms with Gasteiger partial charge in [0.15, 0.2) is 5.16 Å². The number of aryl methyl sites for hydroxylation is 1. The van der Waals surface area contributed by atoms with Gasteiger partial charge in [0, 0.05) is 5.69 Å². The van der Waals surface area contributed by atoms with E-state index in [1.54, 1.807) is 12.1 Å². The zero-order valence-electron chi connectivity index (χ0n) is 13.8. The molecular formula is C16H14F3N3O3S. The van der Waals surface area contributed by atoms with Gasteiger partial charge in [0.2, 0.25) is 5.91 Å². The van der Waals surface area contributed by atoms with Crippen molar-refractivity contribution in [3.05, 3.63) is 47.3 Å². The molecule has 26 heavy (non-hydrogen) atoms. The zero-order chi connectivity index (χ0) is 19.3. The van der Waals surface area contributed by atoms with Crippen molar-refractivity contribution in [2.75, 3.05) is 18.2 Å². The predicted molar refractivity (Wildman–Crippen MR) is 88.9 cm³/mol. The summed E-state index contributed by atoms with van der Waals surface area (Å²) in [4.78, 5) is 31.0. The number of carbonyl (C=O) groups is 2. The maximum atomic E-state index is 12.8. The molecule has 0 radical (unpaired) electrons. The van der Waals surface area contributed by atoms with E-state index in [0.717, 1.165) is 17.8 Å². The summed E-state index contributed by atoms with van der Waals surface area (Å²) in [5.41, 5.74) is -0.513. The number of rotatable bonds is 5. The number of halogens is 3. The van der Waals surface area contributed by atoms with Gasteiger partial charge in [0.05, 0.1) is 24.1 Å². The molecule has 2 aromatic rings. The topological polar surface area (TPSA) is 81.2 Å². The summed E-state index contributed by atoms with van der Waals surface area (Å²) in [6.07, 6.45) is -4.59. The van der Waals surface area contributed by atoms with Gasteiger partial charge in [-0.3, -0.25) is 4.79 Å². The van der Waals surface area contributed by atoms with Crippen molar-refractivity contribution in [2.24, 2.45) is 0 Å². The molecule has 0 saturated carbocycles. The number of ether oxygens (including phenoxy) is 1. The highest BCUT2D eigenvalue weighted by atomic mass is 32.2. The molecule has 2 rings (SSSR count). The second-order valence-corrected chi connectivity index (χ2v) is 5.99. The monoisotopic (exact) mass is 385 g/mol. The standard InChI is InChI=1S/C16H14F3N3O3S/c1-9-7-12(16(17,18)19)22-15(20-9)26-8-13(23)21-11-6-4-3-5-10(11)14(24)25-2/h3-7H,8H2,1-2H3,(H,21,23). The largest absolute Gasteiger partial charge is 0.465 e. The van der Waals surface area contributed by atoms with Crippen molar-refractivity contribution in [1.82, 2.24) is 9.97 Å². The van der Waals surface area contributed by atoms with Crippen LogP contribution in [-0.2, 0) is 15.7 Å². The zero-order valence-corrected chi connectivity index (χ0v) is 14.6. The number of aromatic nitrogens is 2. The minimum Gasteiger partial charge on any atom is -0.465 e. The van der Waals surface area contributed by atoms with Crippen LogP contribution in [0.4, 0.5) is 18.9 Å². The van der Waals surface area contributed by atoms with Gasteiger partial charge >= 0.3 is 12.1 Å². The minimum atomic E-state index is -4.59. The maximum Gasteiger partial charge on any atom is 0.433 e. The molecule has 1 aromatic heterocycles. The lowest BCUT2D eigenvalue weighted by Gasteiger charge is -2.10. The highest BCUT2D eigenvalue weighted by molar-refractivity contribution is 7.99. The lowest BCUT2D eigenvalue weighted by molar-refractivity contribution is -0.141. The van der Waals surface area contributed by atoms with E-state index in [0.29, 0.717) is 0 Å². The Kier molecular flexibility index (Phi) is 6.19. The summed E-state index contributed by atoms with van der Waals surface area (Å²) in [7, 11) is 1.21. The van der Waals surface area contributed by atoms with Crippen molar-refractivity contribution < 1.29 is 27.5 Å². The van der Waals surface area contributed by atoms with Crippen molar-refractivity contribution in [2.45, 2.75) is 18.3 Å². The molecule has 0 atom stereocenters. The number of benzene rings is 1. The fourth-order valence-electron chi connectivity index (χ4n) is 1.95. The van der Waals surface area contributed by atoms with Gasteiger partial charge in [-0.15, -0.1) is 0 Å². The lowest BCUT2D eigenvalue weighted by Crippen LogP contribution is -2.17. The highest BCUT2D eigenvalue weighted by Crippen LogP contribution is 2.29. The van der Waals surface area contributed by atoms with E-state index >= 15 is 0 Å². The van der Waals surface area contributed by atoms with Crippen molar-refractivity contribution >= 4 is 29.3 Å². The Morgan fingerprint density at radius 3 is 2.58 bits per heavy atom. The highest BCUT2D eigenvalue weighted by Gasteiger charge is 2.33. The molecule has 1 N–H and O–H groups in total. The molecule has 0 aliphatic carbocycles. The third-order valence-corrected chi connectivity index (χ3v) is 3.91. The van der Waals surface area contributed by atoms with Crippen molar-refractivity contribution in [1.29, 1.82) is 0 Å². The molecule has 1 amide bonds. The van der Waals surface area contributed by atoms with Crippen LogP contribution in [0.3, 0.4) is 0 Å². The normalized spacial score (nSPS) is 11.1. The van der Waals surface area contributed by atoms with E-state index in [4.69, 9.17) is 0 Å². The number of nitrogens with one attached hydrogen (secondary N) is 1. The molecule has 0 spiro atoms. The molecule has 0 bridgehead atoms. The SMILES string of the molecule is COC(=O)c1ccccc1NC(=O)CSc1nc(C)cc(C(F)(F)F)n1. The van der Waals surface area contributed by atoms with Crippen LogP contribution in [-0.4, -0.2) is 34.7 Å². The first-order valence-electron chi connectivity index (χ1n) is 7.23. The summed E-state index contributed by atoms with van der Waals surface area (Å²) in [5.74, 6) is -1.37. The van der Waals surface area contributed by atoms with Gasteiger partial charge < -0.3 is 10.1 Å². The number of amides is 1. The Labute approximate surface area is 151 Å². The number of nitrogens with zero attached hydrogens (tertiary/aromatic N) is 2. The molecule has 138 valence electrons. The average Bonchev–Trinajstić information content (AvgIpc) is 2.58. The first-order valence-corrected chi connectivity index (χ1v) is 8.22. The van der Waals surface area contributed by atoms with Crippen LogP contribution in [0, 0.1) is 6.92 Å². The van der Waals surface area contributed by atoms with Gasteiger partial charge in [-0.2, -0.15) is 13.2 Å². The second kappa shape index (κ2) is 8.17. The van der Waals surface area contributed by atoms with Crippen LogP contribution in [0.25, 0.3) is 0 Å². The van der Waals surface area contributed by atoms with E-state index < -0.39 is 23.7 Å². The van der Waals surface area contributed by atoms with Gasteiger partial charge in [-0.25, -0.2) is 14.8 Å². The van der Waals surface area contributed by atoms with Crippen LogP contribution in [0.2, 0.25) is 0 Å². The number of methoxy groups -OCH3 is 1. The summed E-state index contributed by atoms with van der Waals surface area (Å²) in [5, 5.41) is 2.36. The smallest absolute Gasteiger partial charge is 0.433 e. The van der Waals surface area contributed by atoms with E-state index in [1.165, 1.54) is 26.2 Å². The Balaban J connectivity index is 2.07. The minimum absolute atomic E-state index is 0.145. The van der Waals surface area contributed by atoms with Crippen LogP contribution in [0.15, 0.2) is 35.5 Å². The lowest BCUT2D eigenvalue weighted by atomic mass is 10.2. The fourth-order valence-corrected chi connectivity index (χ4v) is 2.65. The van der Waals surface area contributed by atoms with E-state index in [2.05, 4.69) is 20.0 Å². The molecule has 6 nitrogen and oxygen atoms in total. The number of hydrogen-bond acceptors (Lipinski definition) is 6. The summed E-state index contributed by atoms with van der Waals surface area (Å²) >= 11 is 0.762. The molecule has 0 aliphatic rings. The van der Waals surface area contributed by atoms with Gasteiger partial charge in [-0.05, 0) is 25.1 Å². The number of para-hydroxylation sites is 1. The van der Waals surface area contributed by atoms with Gasteiger partial charge in [-0.1, -0.05) is 23.9 Å². The van der Waals surface area contributed by atoms with Crippen LogP contribution in [0.1, 0.15) is 21.7 Å². The van der Waals surface area contributed by atoms with Gasteiger partial charge in [0.25, 0.3) is 0 Å². The van der Waals surface area contributed by atoms with Crippen LogP contribution >= 0.6 is 11.8 Å². The molecule has 10 heteroatoms. The Morgan fingerprint density at radius 1 is 1.23 bits per heavy atom. The first kappa shape index (κ1) is 19.7.